The van der Waals surface area contributed by atoms with Crippen molar-refractivity contribution in [3.63, 3.8) is 0 Å². The normalized spacial score (nSPS) is 22.5. The zero-order chi connectivity index (χ0) is 62.9. The molecule has 2 fully saturated rings. The average Bonchev–Trinajstić information content (AvgIpc) is 1.34. The molecule has 0 amide bonds. The molecular weight excluding hydrogens is 1090 g/mol. The molecule has 4 heterocycles. The number of hydrogen-bond donors (Lipinski definition) is 0. The highest BCUT2D eigenvalue weighted by Gasteiger charge is 2.63. The molecule has 0 bridgehead atoms. The fraction of sp³-hybridized carbons (Fsp3) is 0.365. The Morgan fingerprint density at radius 1 is 0.333 bits per heavy atom. The summed E-state index contributed by atoms with van der Waals surface area (Å²) in [5.41, 5.74) is 27.9. The van der Waals surface area contributed by atoms with Crippen molar-refractivity contribution in [2.24, 2.45) is 0 Å². The summed E-state index contributed by atoms with van der Waals surface area (Å²) in [6, 6.07) is 78.1. The Bertz CT molecular complexity index is 4310. The van der Waals surface area contributed by atoms with Crippen LogP contribution in [0.4, 0.5) is 56.9 Å². The van der Waals surface area contributed by atoms with Gasteiger partial charge in [-0.15, -0.1) is 0 Å². The number of aryl methyl sites for hydroxylation is 1. The lowest BCUT2D eigenvalue weighted by Gasteiger charge is -2.53. The van der Waals surface area contributed by atoms with Gasteiger partial charge in [0, 0.05) is 67.7 Å². The summed E-state index contributed by atoms with van der Waals surface area (Å²) in [6.07, 6.45) is 9.11. The molecule has 90 heavy (non-hydrogen) atoms. The van der Waals surface area contributed by atoms with E-state index in [9.17, 15) is 0 Å². The number of rotatable bonds is 6. The molecule has 6 aliphatic rings. The summed E-state index contributed by atoms with van der Waals surface area (Å²) in [5, 5.41) is 0. The van der Waals surface area contributed by atoms with Gasteiger partial charge in [-0.05, 0) is 196 Å². The molecule has 15 rings (SSSR count). The van der Waals surface area contributed by atoms with E-state index < -0.39 is 0 Å². The molecule has 9 aromatic rings. The molecule has 0 spiro atoms. The number of nitrogens with zero attached hydrogens (tertiary/aromatic N) is 4. The van der Waals surface area contributed by atoms with Crippen molar-refractivity contribution < 1.29 is 0 Å². The number of anilines is 10. The molecule has 4 atom stereocenters. The number of fused-ring (bicyclic) bond motifs is 10. The van der Waals surface area contributed by atoms with Crippen LogP contribution in [0.25, 0.3) is 0 Å². The summed E-state index contributed by atoms with van der Waals surface area (Å²) in [5.74, 6) is 0. The molecule has 4 unspecified atom stereocenters. The fourth-order valence-corrected chi connectivity index (χ4v) is 18.4. The Morgan fingerprint density at radius 2 is 0.733 bits per heavy atom. The Balaban J connectivity index is 1.06. The zero-order valence-electron chi connectivity index (χ0n) is 56.5. The third-order valence-electron chi connectivity index (χ3n) is 23.1. The lowest BCUT2D eigenvalue weighted by Crippen LogP contribution is -2.62. The predicted molar refractivity (Wildman–Crippen MR) is 385 cm³/mol. The largest absolute Gasteiger partial charge is 0.334 e. The van der Waals surface area contributed by atoms with Crippen molar-refractivity contribution in [2.45, 2.75) is 199 Å². The van der Waals surface area contributed by atoms with Crippen molar-refractivity contribution in [1.29, 1.82) is 0 Å². The fourth-order valence-electron chi connectivity index (χ4n) is 18.4. The van der Waals surface area contributed by atoms with Gasteiger partial charge in [-0.2, -0.15) is 0 Å². The second kappa shape index (κ2) is 20.1. The van der Waals surface area contributed by atoms with E-state index in [0.29, 0.717) is 0 Å². The monoisotopic (exact) mass is 1180 g/mol. The SMILES string of the molecule is Cc1ccc2c(c1)C1(c3ccccc3)CCCCC1(C)N2c1ccc2c(c1)N(c1ccc(C(C)(C)C)cc1)c1cc(N3c4ccc(C(C)(C)C)cc4C4(c5ccccc5)CCCCC34C)cc3c1B2c1cc(C(C)(C)C)ccc1N3c1ccc(C(C)(C)C)cc1. The Hall–Kier alpha value is -7.76. The summed E-state index contributed by atoms with van der Waals surface area (Å²) < 4.78 is 0. The van der Waals surface area contributed by atoms with Crippen molar-refractivity contribution in [3.8, 4) is 0 Å². The van der Waals surface area contributed by atoms with Crippen molar-refractivity contribution in [3.05, 3.63) is 244 Å². The topological polar surface area (TPSA) is 13.0 Å². The summed E-state index contributed by atoms with van der Waals surface area (Å²) in [4.78, 5) is 11.1. The Labute approximate surface area is 539 Å². The maximum atomic E-state index is 2.87. The van der Waals surface area contributed by atoms with Crippen molar-refractivity contribution >= 4 is 80.0 Å². The molecule has 456 valence electrons. The highest BCUT2D eigenvalue weighted by molar-refractivity contribution is 7.00. The van der Waals surface area contributed by atoms with Gasteiger partial charge in [0.25, 0.3) is 6.71 Å². The van der Waals surface area contributed by atoms with Gasteiger partial charge in [0.05, 0.1) is 11.1 Å². The molecule has 0 aromatic heterocycles. The maximum absolute atomic E-state index is 2.87. The molecular formula is C85H93BN4. The molecule has 2 saturated carbocycles. The standard InChI is InChI=1S/C85H93BN4/c1-56-30-43-71-67(50-56)84(59-26-18-16-19-27-59)48-24-22-46-82(84,14)89(71)65-41-42-69-74(53-65)88(64-39-33-58(34-40-64)79(5,6)7)76-55-66(90-72-44-35-61(80(8,9)10)51-68(72)85(60-28-20-17-21-29-60)49-25-23-47-83(85,90)15)54-75-77(76)86(69)70-52-62(81(11,12)13)36-45-73(70)87(75)63-37-31-57(32-38-63)78(2,3)4/h16-21,26-45,50-55H,22-25,46-49H2,1-15H3. The van der Waals surface area contributed by atoms with Gasteiger partial charge in [-0.1, -0.05) is 242 Å². The van der Waals surface area contributed by atoms with E-state index in [2.05, 4.69) is 318 Å². The van der Waals surface area contributed by atoms with E-state index in [-0.39, 0.29) is 50.3 Å². The van der Waals surface area contributed by atoms with E-state index in [4.69, 9.17) is 0 Å². The van der Waals surface area contributed by atoms with E-state index >= 15 is 0 Å². The Kier molecular flexibility index (Phi) is 13.1. The van der Waals surface area contributed by atoms with Gasteiger partial charge in [-0.3, -0.25) is 0 Å². The maximum Gasteiger partial charge on any atom is 0.252 e. The van der Waals surface area contributed by atoms with Crippen molar-refractivity contribution in [1.82, 2.24) is 0 Å². The van der Waals surface area contributed by atoms with Crippen LogP contribution in [0.1, 0.15) is 198 Å². The van der Waals surface area contributed by atoms with Gasteiger partial charge in [0.1, 0.15) is 0 Å². The number of hydrogen-bond acceptors (Lipinski definition) is 4. The molecule has 4 aliphatic heterocycles. The molecule has 4 nitrogen and oxygen atoms in total. The van der Waals surface area contributed by atoms with Gasteiger partial charge < -0.3 is 19.6 Å². The lowest BCUT2D eigenvalue weighted by molar-refractivity contribution is 0.215. The minimum absolute atomic E-state index is 0.0000455. The zero-order valence-corrected chi connectivity index (χ0v) is 56.5. The van der Waals surface area contributed by atoms with E-state index in [1.807, 2.05) is 0 Å². The van der Waals surface area contributed by atoms with E-state index in [0.717, 1.165) is 25.7 Å². The van der Waals surface area contributed by atoms with Crippen molar-refractivity contribution in [2.75, 3.05) is 19.6 Å². The molecule has 9 aromatic carbocycles. The van der Waals surface area contributed by atoms with Gasteiger partial charge in [-0.25, -0.2) is 0 Å². The first-order valence-electron chi connectivity index (χ1n) is 34.0. The van der Waals surface area contributed by atoms with Crippen LogP contribution in [-0.2, 0) is 32.5 Å². The van der Waals surface area contributed by atoms with E-state index in [1.54, 1.807) is 0 Å². The molecule has 5 heteroatoms. The van der Waals surface area contributed by atoms with Crippen LogP contribution in [0.2, 0.25) is 0 Å². The predicted octanol–water partition coefficient (Wildman–Crippen LogP) is 20.8. The molecule has 0 saturated heterocycles. The van der Waals surface area contributed by atoms with Crippen LogP contribution in [0.15, 0.2) is 194 Å². The van der Waals surface area contributed by atoms with Gasteiger partial charge >= 0.3 is 0 Å². The highest BCUT2D eigenvalue weighted by Crippen LogP contribution is 2.67. The quantitative estimate of drug-likeness (QED) is 0.154. The summed E-state index contributed by atoms with van der Waals surface area (Å²) in [6.45, 7) is 35.8. The molecule has 0 N–H and O–H groups in total. The van der Waals surface area contributed by atoms with Crippen LogP contribution in [0.5, 0.6) is 0 Å². The van der Waals surface area contributed by atoms with Gasteiger partial charge in [0.2, 0.25) is 0 Å². The number of benzene rings is 9. The average molecular weight is 1180 g/mol. The van der Waals surface area contributed by atoms with Crippen LogP contribution in [-0.4, -0.2) is 17.8 Å². The summed E-state index contributed by atoms with van der Waals surface area (Å²) in [7, 11) is 0. The Morgan fingerprint density at radius 3 is 1.23 bits per heavy atom. The first-order chi connectivity index (χ1) is 42.8. The smallest absolute Gasteiger partial charge is 0.252 e. The molecule has 2 aliphatic carbocycles. The second-order valence-electron chi connectivity index (χ2n) is 32.5. The van der Waals surface area contributed by atoms with Gasteiger partial charge in [0.15, 0.2) is 0 Å². The minimum atomic E-state index is -0.305. The minimum Gasteiger partial charge on any atom is -0.334 e. The third kappa shape index (κ3) is 8.45. The third-order valence-corrected chi connectivity index (χ3v) is 23.1. The second-order valence-corrected chi connectivity index (χ2v) is 32.5. The van der Waals surface area contributed by atoms with Crippen LogP contribution in [0, 0.1) is 6.92 Å². The van der Waals surface area contributed by atoms with E-state index in [1.165, 1.54) is 149 Å². The van der Waals surface area contributed by atoms with Crippen LogP contribution < -0.4 is 36.0 Å². The first kappa shape index (κ1) is 58.6. The first-order valence-corrected chi connectivity index (χ1v) is 34.0. The summed E-state index contributed by atoms with van der Waals surface area (Å²) >= 11 is 0. The lowest BCUT2D eigenvalue weighted by atomic mass is 9.33. The molecule has 0 radical (unpaired) electrons. The van der Waals surface area contributed by atoms with Crippen LogP contribution >= 0.6 is 0 Å². The highest BCUT2D eigenvalue weighted by atomic mass is 15.3. The van der Waals surface area contributed by atoms with Crippen LogP contribution in [0.3, 0.4) is 0 Å².